The van der Waals surface area contributed by atoms with Crippen molar-refractivity contribution in [2.45, 2.75) is 84.5 Å². The molecule has 1 aliphatic rings. The standard InChI is InChI=1S/C26H33ClF2N2O4/c1-14-5-7-19(18(27)9-14)30-20(32)12-16(6-8-21(33)34)23-22(25(28)29)24(35-31-23)17-10-15(11-17)13-26(2,3)4/h5,7,9,15-17,25H,6,8,10-13H2,1-4H3,(H,30,32)(H,33,34)/t15?,16-,17?/m0/s1. The first-order valence-electron chi connectivity index (χ1n) is 11.9. The number of halogens is 3. The molecule has 1 fully saturated rings. The van der Waals surface area contributed by atoms with Gasteiger partial charge in [0.1, 0.15) is 5.76 Å². The second-order valence-electron chi connectivity index (χ2n) is 10.8. The highest BCUT2D eigenvalue weighted by molar-refractivity contribution is 6.33. The van der Waals surface area contributed by atoms with Crippen LogP contribution in [-0.2, 0) is 9.59 Å². The molecule has 6 nitrogen and oxygen atoms in total. The summed E-state index contributed by atoms with van der Waals surface area (Å²) in [6.07, 6.45) is -0.874. The summed E-state index contributed by atoms with van der Waals surface area (Å²) >= 11 is 6.19. The smallest absolute Gasteiger partial charge is 0.303 e. The summed E-state index contributed by atoms with van der Waals surface area (Å²) in [5.74, 6) is -1.92. The van der Waals surface area contributed by atoms with E-state index >= 15 is 0 Å². The van der Waals surface area contributed by atoms with Gasteiger partial charge >= 0.3 is 5.97 Å². The fourth-order valence-corrected chi connectivity index (χ4v) is 5.18. The van der Waals surface area contributed by atoms with Crippen molar-refractivity contribution in [3.8, 4) is 0 Å². The molecule has 3 rings (SSSR count). The van der Waals surface area contributed by atoms with Gasteiger partial charge < -0.3 is 14.9 Å². The van der Waals surface area contributed by atoms with E-state index in [0.29, 0.717) is 16.6 Å². The summed E-state index contributed by atoms with van der Waals surface area (Å²) in [5, 5.41) is 16.2. The molecule has 0 bridgehead atoms. The van der Waals surface area contributed by atoms with Crippen LogP contribution in [0.2, 0.25) is 5.02 Å². The molecule has 0 unspecified atom stereocenters. The van der Waals surface area contributed by atoms with E-state index in [2.05, 4.69) is 31.2 Å². The van der Waals surface area contributed by atoms with Gasteiger partial charge in [0.25, 0.3) is 6.43 Å². The summed E-state index contributed by atoms with van der Waals surface area (Å²) in [6.45, 7) is 8.32. The van der Waals surface area contributed by atoms with Gasteiger partial charge in [-0.1, -0.05) is 43.6 Å². The molecule has 1 aromatic heterocycles. The molecule has 35 heavy (non-hydrogen) atoms. The predicted molar refractivity (Wildman–Crippen MR) is 130 cm³/mol. The highest BCUT2D eigenvalue weighted by atomic mass is 35.5. The molecule has 0 saturated heterocycles. The van der Waals surface area contributed by atoms with Gasteiger partial charge in [0.2, 0.25) is 5.91 Å². The quantitative estimate of drug-likeness (QED) is 0.345. The first kappa shape index (κ1) is 27.1. The summed E-state index contributed by atoms with van der Waals surface area (Å²) in [6, 6.07) is 5.14. The zero-order valence-corrected chi connectivity index (χ0v) is 21.3. The number of anilines is 1. The largest absolute Gasteiger partial charge is 0.481 e. The molecule has 1 saturated carbocycles. The van der Waals surface area contributed by atoms with Gasteiger partial charge in [0.15, 0.2) is 0 Å². The summed E-state index contributed by atoms with van der Waals surface area (Å²) in [4.78, 5) is 24.0. The Labute approximate surface area is 209 Å². The summed E-state index contributed by atoms with van der Waals surface area (Å²) in [7, 11) is 0. The van der Waals surface area contributed by atoms with E-state index in [-0.39, 0.29) is 47.6 Å². The van der Waals surface area contributed by atoms with Gasteiger partial charge in [-0.05, 0) is 61.6 Å². The van der Waals surface area contributed by atoms with Gasteiger partial charge in [0.05, 0.1) is 22.0 Å². The van der Waals surface area contributed by atoms with Crippen LogP contribution in [0, 0.1) is 18.3 Å². The van der Waals surface area contributed by atoms with Crippen LogP contribution in [-0.4, -0.2) is 22.1 Å². The molecule has 1 aliphatic carbocycles. The number of amides is 1. The minimum atomic E-state index is -2.84. The Morgan fingerprint density at radius 2 is 1.97 bits per heavy atom. The van der Waals surface area contributed by atoms with Gasteiger partial charge in [-0.25, -0.2) is 8.78 Å². The lowest BCUT2D eigenvalue weighted by Gasteiger charge is -2.38. The van der Waals surface area contributed by atoms with E-state index < -0.39 is 24.2 Å². The number of aryl methyl sites for hydroxylation is 1. The average molecular weight is 511 g/mol. The van der Waals surface area contributed by atoms with Crippen LogP contribution in [0.3, 0.4) is 0 Å². The average Bonchev–Trinajstić information content (AvgIpc) is 3.13. The summed E-state index contributed by atoms with van der Waals surface area (Å²) in [5.41, 5.74) is 1.16. The molecule has 1 atom stereocenters. The van der Waals surface area contributed by atoms with E-state index in [1.807, 2.05) is 6.92 Å². The normalized spacial score (nSPS) is 18.9. The van der Waals surface area contributed by atoms with Crippen LogP contribution >= 0.6 is 11.6 Å². The third-order valence-electron chi connectivity index (χ3n) is 6.43. The fourth-order valence-electron chi connectivity index (χ4n) is 4.89. The Bertz CT molecular complexity index is 1060. The van der Waals surface area contributed by atoms with Crippen LogP contribution in [0.5, 0.6) is 0 Å². The van der Waals surface area contributed by atoms with Gasteiger partial charge in [-0.2, -0.15) is 0 Å². The molecule has 9 heteroatoms. The van der Waals surface area contributed by atoms with Crippen molar-refractivity contribution in [3.63, 3.8) is 0 Å². The van der Waals surface area contributed by atoms with Gasteiger partial charge in [-0.3, -0.25) is 9.59 Å². The number of hydrogen-bond acceptors (Lipinski definition) is 4. The Morgan fingerprint density at radius 3 is 2.54 bits per heavy atom. The minimum absolute atomic E-state index is 0.0204. The SMILES string of the molecule is Cc1ccc(NC(=O)C[C@H](CCC(=O)O)c2noc(C3CC(CC(C)(C)C)C3)c2C(F)F)c(Cl)c1. The van der Waals surface area contributed by atoms with Crippen LogP contribution < -0.4 is 5.32 Å². The van der Waals surface area contributed by atoms with E-state index in [4.69, 9.17) is 16.1 Å². The van der Waals surface area contributed by atoms with Gasteiger partial charge in [0, 0.05) is 24.7 Å². The van der Waals surface area contributed by atoms with Crippen LogP contribution in [0.4, 0.5) is 14.5 Å². The fraction of sp³-hybridized carbons (Fsp3) is 0.577. The number of aromatic nitrogens is 1. The molecule has 0 aliphatic heterocycles. The molecular formula is C26H33ClF2N2O4. The lowest BCUT2D eigenvalue weighted by atomic mass is 9.67. The van der Waals surface area contributed by atoms with Gasteiger partial charge in [-0.15, -0.1) is 0 Å². The number of nitrogens with zero attached hydrogens (tertiary/aromatic N) is 1. The van der Waals surface area contributed by atoms with E-state index in [1.165, 1.54) is 0 Å². The maximum Gasteiger partial charge on any atom is 0.303 e. The lowest BCUT2D eigenvalue weighted by Crippen LogP contribution is -2.26. The third-order valence-corrected chi connectivity index (χ3v) is 6.75. The number of hydrogen-bond donors (Lipinski definition) is 2. The van der Waals surface area contributed by atoms with Crippen LogP contribution in [0.25, 0.3) is 0 Å². The number of nitrogens with one attached hydrogen (secondary N) is 1. The van der Waals surface area contributed by atoms with Crippen LogP contribution in [0.1, 0.15) is 100 Å². The first-order chi connectivity index (χ1) is 16.3. The second kappa shape index (κ2) is 11.1. The maximum absolute atomic E-state index is 14.2. The number of carbonyl (C=O) groups is 2. The molecule has 192 valence electrons. The van der Waals surface area contributed by atoms with Crippen molar-refractivity contribution in [3.05, 3.63) is 45.8 Å². The molecule has 2 aromatic rings. The van der Waals surface area contributed by atoms with Crippen LogP contribution in [0.15, 0.2) is 22.7 Å². The Balaban J connectivity index is 1.80. The molecule has 1 heterocycles. The van der Waals surface area contributed by atoms with Crippen molar-refractivity contribution >= 4 is 29.2 Å². The van der Waals surface area contributed by atoms with Crippen molar-refractivity contribution in [1.82, 2.24) is 5.16 Å². The van der Waals surface area contributed by atoms with Crippen molar-refractivity contribution in [2.75, 3.05) is 5.32 Å². The Kier molecular flexibility index (Phi) is 8.57. The van der Waals surface area contributed by atoms with E-state index in [0.717, 1.165) is 24.8 Å². The Hall–Kier alpha value is -2.48. The summed E-state index contributed by atoms with van der Waals surface area (Å²) < 4.78 is 33.8. The second-order valence-corrected chi connectivity index (χ2v) is 11.2. The Morgan fingerprint density at radius 1 is 1.29 bits per heavy atom. The zero-order chi connectivity index (χ0) is 25.9. The topological polar surface area (TPSA) is 92.4 Å². The van der Waals surface area contributed by atoms with Crippen molar-refractivity contribution < 1.29 is 28.0 Å². The number of aliphatic carboxylic acids is 1. The molecular weight excluding hydrogens is 478 g/mol. The minimum Gasteiger partial charge on any atom is -0.481 e. The predicted octanol–water partition coefficient (Wildman–Crippen LogP) is 7.48. The molecule has 0 radical (unpaired) electrons. The monoisotopic (exact) mass is 510 g/mol. The maximum atomic E-state index is 14.2. The van der Waals surface area contributed by atoms with Crippen molar-refractivity contribution in [1.29, 1.82) is 0 Å². The van der Waals surface area contributed by atoms with Crippen molar-refractivity contribution in [2.24, 2.45) is 11.3 Å². The molecule has 2 N–H and O–H groups in total. The van der Waals surface area contributed by atoms with E-state index in [1.54, 1.807) is 18.2 Å². The third kappa shape index (κ3) is 7.26. The number of rotatable bonds is 10. The van der Waals surface area contributed by atoms with E-state index in [9.17, 15) is 23.5 Å². The highest BCUT2D eigenvalue weighted by Gasteiger charge is 2.40. The molecule has 1 amide bonds. The zero-order valence-electron chi connectivity index (χ0n) is 20.5. The number of alkyl halides is 2. The number of carbonyl (C=O) groups excluding carboxylic acids is 1. The lowest BCUT2D eigenvalue weighted by molar-refractivity contribution is -0.137. The molecule has 1 aromatic carbocycles. The number of benzene rings is 1. The highest BCUT2D eigenvalue weighted by Crippen LogP contribution is 2.50. The molecule has 0 spiro atoms. The first-order valence-corrected chi connectivity index (χ1v) is 12.3. The number of carboxylic acid groups (broad SMARTS) is 1. The number of carboxylic acids is 1.